The molecule has 150 valence electrons. The predicted octanol–water partition coefficient (Wildman–Crippen LogP) is 7.10. The number of fused-ring (bicyclic) bond motifs is 1. The zero-order chi connectivity index (χ0) is 20.7. The number of rotatable bonds is 3. The van der Waals surface area contributed by atoms with Crippen molar-refractivity contribution in [2.24, 2.45) is 5.92 Å². The Morgan fingerprint density at radius 2 is 1.76 bits per heavy atom. The molecule has 0 bridgehead atoms. The number of nitrogens with zero attached hydrogens (tertiary/aromatic N) is 3. The first-order valence-corrected chi connectivity index (χ1v) is 11.8. The summed E-state index contributed by atoms with van der Waals surface area (Å²) in [5.74, 6) is 0.552. The molecule has 5 heteroatoms. The molecule has 1 aromatic carbocycles. The zero-order valence-electron chi connectivity index (χ0n) is 17.5. The van der Waals surface area contributed by atoms with Gasteiger partial charge in [0.2, 0.25) is 6.54 Å². The van der Waals surface area contributed by atoms with E-state index in [4.69, 9.17) is 11.6 Å². The molecule has 0 saturated carbocycles. The van der Waals surface area contributed by atoms with Gasteiger partial charge in [0.1, 0.15) is 0 Å². The molecule has 3 nitrogen and oxygen atoms in total. The number of hydrogen-bond donors (Lipinski definition) is 0. The van der Waals surface area contributed by atoms with Gasteiger partial charge in [-0.3, -0.25) is 4.98 Å². The lowest BCUT2D eigenvalue weighted by Gasteiger charge is -2.32. The standard InChI is InChI=1S/C24H26BrN3S/c1-14-10-19(25)11-15(2)21(14)22-17(4)29-24-20(12-16(3)27-23(22)24)28-8-6-18(7-9-28)13-26-5/h10-12,18H,6-9,13H2,1-4H3. The molecular formula is C24H26BrN3S. The molecule has 4 rings (SSSR count). The van der Waals surface area contributed by atoms with Crippen LogP contribution in [0.2, 0.25) is 0 Å². The van der Waals surface area contributed by atoms with Crippen LogP contribution in [-0.2, 0) is 0 Å². The minimum Gasteiger partial charge on any atom is -0.370 e. The Balaban J connectivity index is 1.83. The van der Waals surface area contributed by atoms with Crippen LogP contribution in [0, 0.1) is 40.2 Å². The summed E-state index contributed by atoms with van der Waals surface area (Å²) in [6, 6.07) is 6.65. The minimum absolute atomic E-state index is 0.552. The van der Waals surface area contributed by atoms with Gasteiger partial charge in [-0.05, 0) is 75.4 Å². The SMILES string of the molecule is [C-]#[N+]CC1CCN(c2cc(C)nc3c(-c4c(C)cc(Br)cc4C)c(C)sc23)CC1. The van der Waals surface area contributed by atoms with E-state index in [1.54, 1.807) is 0 Å². The number of pyridine rings is 1. The molecule has 0 spiro atoms. The average Bonchev–Trinajstić information content (AvgIpc) is 2.97. The van der Waals surface area contributed by atoms with Gasteiger partial charge >= 0.3 is 0 Å². The lowest BCUT2D eigenvalue weighted by atomic mass is 9.94. The lowest BCUT2D eigenvalue weighted by Crippen LogP contribution is -2.34. The molecule has 1 aliphatic heterocycles. The monoisotopic (exact) mass is 467 g/mol. The molecule has 0 aliphatic carbocycles. The number of thiophene rings is 1. The van der Waals surface area contributed by atoms with E-state index in [-0.39, 0.29) is 0 Å². The molecule has 29 heavy (non-hydrogen) atoms. The van der Waals surface area contributed by atoms with E-state index >= 15 is 0 Å². The molecule has 0 atom stereocenters. The van der Waals surface area contributed by atoms with Crippen molar-refractivity contribution in [1.82, 2.24) is 4.98 Å². The fourth-order valence-corrected chi connectivity index (χ4v) is 6.44. The van der Waals surface area contributed by atoms with Crippen molar-refractivity contribution in [2.75, 3.05) is 24.5 Å². The topological polar surface area (TPSA) is 20.5 Å². The van der Waals surface area contributed by atoms with Gasteiger partial charge in [-0.1, -0.05) is 15.9 Å². The highest BCUT2D eigenvalue weighted by atomic mass is 79.9. The molecule has 2 aromatic heterocycles. The zero-order valence-corrected chi connectivity index (χ0v) is 19.9. The van der Waals surface area contributed by atoms with Crippen molar-refractivity contribution in [3.8, 4) is 11.1 Å². The van der Waals surface area contributed by atoms with Crippen molar-refractivity contribution in [3.63, 3.8) is 0 Å². The van der Waals surface area contributed by atoms with Gasteiger partial charge < -0.3 is 9.74 Å². The number of aryl methyl sites for hydroxylation is 4. The lowest BCUT2D eigenvalue weighted by molar-refractivity contribution is 0.431. The molecule has 1 aliphatic rings. The normalized spacial score (nSPS) is 15.1. The van der Waals surface area contributed by atoms with Gasteiger partial charge in [0.25, 0.3) is 0 Å². The fourth-order valence-electron chi connectivity index (χ4n) is 4.60. The second-order valence-corrected chi connectivity index (χ2v) is 10.3. The van der Waals surface area contributed by atoms with E-state index in [2.05, 4.69) is 71.6 Å². The second kappa shape index (κ2) is 8.08. The highest BCUT2D eigenvalue weighted by Gasteiger charge is 2.25. The molecule has 3 heterocycles. The van der Waals surface area contributed by atoms with Gasteiger partial charge in [0.05, 0.1) is 15.9 Å². The van der Waals surface area contributed by atoms with Crippen molar-refractivity contribution < 1.29 is 0 Å². The average molecular weight is 468 g/mol. The fraction of sp³-hybridized carbons (Fsp3) is 0.417. The van der Waals surface area contributed by atoms with E-state index in [0.717, 1.165) is 41.6 Å². The third-order valence-electron chi connectivity index (χ3n) is 5.98. The summed E-state index contributed by atoms with van der Waals surface area (Å²) in [5.41, 5.74) is 8.70. The van der Waals surface area contributed by atoms with Gasteiger partial charge in [-0.2, -0.15) is 0 Å². The quantitative estimate of drug-likeness (QED) is 0.383. The van der Waals surface area contributed by atoms with Crippen LogP contribution >= 0.6 is 27.3 Å². The Morgan fingerprint density at radius 3 is 2.38 bits per heavy atom. The first-order valence-electron chi connectivity index (χ1n) is 10.1. The Labute approximate surface area is 185 Å². The van der Waals surface area contributed by atoms with Crippen LogP contribution in [0.25, 0.3) is 26.2 Å². The van der Waals surface area contributed by atoms with Gasteiger partial charge in [0, 0.05) is 39.6 Å². The number of benzene rings is 1. The number of aromatic nitrogens is 1. The molecule has 0 amide bonds. The summed E-state index contributed by atoms with van der Waals surface area (Å²) in [6.45, 7) is 18.6. The van der Waals surface area contributed by atoms with Crippen molar-refractivity contribution in [3.05, 3.63) is 55.8 Å². The van der Waals surface area contributed by atoms with Crippen LogP contribution in [0.3, 0.4) is 0 Å². The number of anilines is 1. The van der Waals surface area contributed by atoms with E-state index in [1.165, 1.54) is 37.5 Å². The number of piperidine rings is 1. The second-order valence-electron chi connectivity index (χ2n) is 8.18. The predicted molar refractivity (Wildman–Crippen MR) is 128 cm³/mol. The van der Waals surface area contributed by atoms with Crippen LogP contribution in [0.4, 0.5) is 5.69 Å². The first-order chi connectivity index (χ1) is 13.9. The third-order valence-corrected chi connectivity index (χ3v) is 7.55. The summed E-state index contributed by atoms with van der Waals surface area (Å²) in [7, 11) is 0. The van der Waals surface area contributed by atoms with Crippen molar-refractivity contribution >= 4 is 43.2 Å². The minimum atomic E-state index is 0.552. The third kappa shape index (κ3) is 3.81. The van der Waals surface area contributed by atoms with E-state index in [0.29, 0.717) is 12.5 Å². The Kier molecular flexibility index (Phi) is 5.68. The smallest absolute Gasteiger partial charge is 0.217 e. The molecule has 3 aromatic rings. The van der Waals surface area contributed by atoms with Crippen LogP contribution in [0.5, 0.6) is 0 Å². The van der Waals surface area contributed by atoms with Crippen LogP contribution in [0.15, 0.2) is 22.7 Å². The summed E-state index contributed by atoms with van der Waals surface area (Å²) in [5, 5.41) is 0. The number of halogens is 1. The Hall–Kier alpha value is -1.90. The maximum atomic E-state index is 7.15. The molecule has 0 N–H and O–H groups in total. The maximum Gasteiger partial charge on any atom is 0.217 e. The van der Waals surface area contributed by atoms with E-state index in [1.807, 2.05) is 11.3 Å². The van der Waals surface area contributed by atoms with E-state index in [9.17, 15) is 0 Å². The molecule has 1 saturated heterocycles. The summed E-state index contributed by atoms with van der Waals surface area (Å²) >= 11 is 5.50. The van der Waals surface area contributed by atoms with Gasteiger partial charge in [-0.25, -0.2) is 6.57 Å². The summed E-state index contributed by atoms with van der Waals surface area (Å²) < 4.78 is 2.42. The van der Waals surface area contributed by atoms with E-state index < -0.39 is 0 Å². The van der Waals surface area contributed by atoms with Gasteiger partial charge in [0.15, 0.2) is 0 Å². The summed E-state index contributed by atoms with van der Waals surface area (Å²) in [6.07, 6.45) is 2.21. The Bertz CT molecular complexity index is 1090. The highest BCUT2D eigenvalue weighted by Crippen LogP contribution is 2.45. The molecule has 0 unspecified atom stereocenters. The van der Waals surface area contributed by atoms with Crippen LogP contribution in [0.1, 0.15) is 34.5 Å². The van der Waals surface area contributed by atoms with Gasteiger partial charge in [-0.15, -0.1) is 11.3 Å². The largest absolute Gasteiger partial charge is 0.370 e. The van der Waals surface area contributed by atoms with Crippen LogP contribution in [-0.4, -0.2) is 24.6 Å². The Morgan fingerprint density at radius 1 is 1.10 bits per heavy atom. The van der Waals surface area contributed by atoms with Crippen molar-refractivity contribution in [1.29, 1.82) is 0 Å². The molecule has 0 radical (unpaired) electrons. The maximum absolute atomic E-state index is 7.15. The number of hydrogen-bond acceptors (Lipinski definition) is 3. The first kappa shape index (κ1) is 20.4. The summed E-state index contributed by atoms with van der Waals surface area (Å²) in [4.78, 5) is 12.5. The molecule has 1 fully saturated rings. The highest BCUT2D eigenvalue weighted by molar-refractivity contribution is 9.10. The van der Waals surface area contributed by atoms with Crippen LogP contribution < -0.4 is 4.90 Å². The van der Waals surface area contributed by atoms with Crippen molar-refractivity contribution in [2.45, 2.75) is 40.5 Å². The molecular weight excluding hydrogens is 442 g/mol.